The molecule has 4 heteroatoms. The van der Waals surface area contributed by atoms with E-state index in [0.29, 0.717) is 17.0 Å². The van der Waals surface area contributed by atoms with E-state index in [9.17, 15) is 4.79 Å². The first-order chi connectivity index (χ1) is 8.49. The molecule has 0 aromatic heterocycles. The van der Waals surface area contributed by atoms with Crippen molar-refractivity contribution in [3.8, 4) is 0 Å². The van der Waals surface area contributed by atoms with Crippen molar-refractivity contribution in [1.82, 2.24) is 5.32 Å². The highest BCUT2D eigenvalue weighted by Gasteiger charge is 2.29. The van der Waals surface area contributed by atoms with Crippen LogP contribution in [0.2, 0.25) is 0 Å². The van der Waals surface area contributed by atoms with Gasteiger partial charge < -0.3 is 5.11 Å². The second-order valence-corrected chi connectivity index (χ2v) is 6.66. The van der Waals surface area contributed by atoms with Crippen LogP contribution in [0.15, 0.2) is 11.6 Å². The first kappa shape index (κ1) is 15.6. The van der Waals surface area contributed by atoms with Crippen LogP contribution in [-0.4, -0.2) is 28.2 Å². The third-order valence-electron chi connectivity index (χ3n) is 3.28. The van der Waals surface area contributed by atoms with E-state index in [-0.39, 0.29) is 6.04 Å². The maximum Gasteiger partial charge on any atom is 0.321 e. The van der Waals surface area contributed by atoms with E-state index in [1.807, 2.05) is 0 Å². The molecular weight excluding hydrogens is 246 g/mol. The Bertz CT molecular complexity index is 300. The van der Waals surface area contributed by atoms with Crippen molar-refractivity contribution in [2.24, 2.45) is 5.92 Å². The van der Waals surface area contributed by atoms with Gasteiger partial charge in [0.15, 0.2) is 0 Å². The van der Waals surface area contributed by atoms with E-state index >= 15 is 0 Å². The highest BCUT2D eigenvalue weighted by Crippen LogP contribution is 2.25. The molecule has 104 valence electrons. The third-order valence-corrected chi connectivity index (χ3v) is 4.58. The van der Waals surface area contributed by atoms with Gasteiger partial charge in [-0.2, -0.15) is 0 Å². The third kappa shape index (κ3) is 5.91. The average molecular weight is 271 g/mol. The molecule has 1 aliphatic heterocycles. The lowest BCUT2D eigenvalue weighted by Crippen LogP contribution is -2.36. The Morgan fingerprint density at radius 1 is 1.50 bits per heavy atom. The molecule has 1 fully saturated rings. The summed E-state index contributed by atoms with van der Waals surface area (Å²) >= 11 is 1.75. The average Bonchev–Trinajstić information content (AvgIpc) is 2.74. The number of carbonyl (C=O) groups is 1. The first-order valence-electron chi connectivity index (χ1n) is 6.73. The highest BCUT2D eigenvalue weighted by molar-refractivity contribution is 8.00. The van der Waals surface area contributed by atoms with Gasteiger partial charge in [0.1, 0.15) is 6.04 Å². The van der Waals surface area contributed by atoms with Crippen molar-refractivity contribution in [2.45, 2.75) is 57.9 Å². The first-order valence-corrected chi connectivity index (χ1v) is 7.77. The molecule has 1 saturated heterocycles. The monoisotopic (exact) mass is 271 g/mol. The minimum atomic E-state index is -0.721. The standard InChI is InChI=1S/C14H25NO2S/c1-10(2)5-4-6-11(3)7-8-13-15-12(9-18-13)14(16)17/h5,11-13,15H,4,6-9H2,1-3H3,(H,16,17)/t11-,12+,13-/m1/s1. The van der Waals surface area contributed by atoms with Crippen LogP contribution in [0.25, 0.3) is 0 Å². The molecular formula is C14H25NO2S. The van der Waals surface area contributed by atoms with Gasteiger partial charge in [0.25, 0.3) is 0 Å². The second-order valence-electron chi connectivity index (χ2n) is 5.42. The van der Waals surface area contributed by atoms with Gasteiger partial charge in [-0.3, -0.25) is 10.1 Å². The molecule has 0 radical (unpaired) electrons. The number of carboxylic acids is 1. The SMILES string of the molecule is CC(C)=CCC[C@@H](C)CC[C@@H]1N[C@H](C(=O)O)CS1. The molecule has 1 heterocycles. The highest BCUT2D eigenvalue weighted by atomic mass is 32.2. The number of rotatable bonds is 7. The summed E-state index contributed by atoms with van der Waals surface area (Å²) in [5.74, 6) is 0.695. The molecule has 0 amide bonds. The fourth-order valence-corrected chi connectivity index (χ4v) is 3.31. The van der Waals surface area contributed by atoms with Crippen LogP contribution in [0.5, 0.6) is 0 Å². The van der Waals surface area contributed by atoms with E-state index in [2.05, 4.69) is 32.2 Å². The van der Waals surface area contributed by atoms with Crippen molar-refractivity contribution >= 4 is 17.7 Å². The lowest BCUT2D eigenvalue weighted by molar-refractivity contribution is -0.138. The Kier molecular flexibility index (Phi) is 6.79. The van der Waals surface area contributed by atoms with Gasteiger partial charge >= 0.3 is 5.97 Å². The van der Waals surface area contributed by atoms with E-state index < -0.39 is 5.97 Å². The van der Waals surface area contributed by atoms with Gasteiger partial charge in [0, 0.05) is 5.75 Å². The Morgan fingerprint density at radius 2 is 2.22 bits per heavy atom. The summed E-state index contributed by atoms with van der Waals surface area (Å²) in [5.41, 5.74) is 1.39. The van der Waals surface area contributed by atoms with Crippen molar-refractivity contribution in [2.75, 3.05) is 5.75 Å². The van der Waals surface area contributed by atoms with E-state index in [0.717, 1.165) is 12.8 Å². The maximum absolute atomic E-state index is 10.8. The molecule has 0 unspecified atom stereocenters. The topological polar surface area (TPSA) is 49.3 Å². The number of allylic oxidation sites excluding steroid dienone is 2. The number of nitrogens with one attached hydrogen (secondary N) is 1. The second kappa shape index (κ2) is 7.85. The molecule has 0 aliphatic carbocycles. The largest absolute Gasteiger partial charge is 0.480 e. The molecule has 0 aromatic carbocycles. The Balaban J connectivity index is 2.14. The summed E-state index contributed by atoms with van der Waals surface area (Å²) in [6.07, 6.45) is 6.93. The lowest BCUT2D eigenvalue weighted by atomic mass is 9.99. The van der Waals surface area contributed by atoms with Crippen LogP contribution in [0.4, 0.5) is 0 Å². The van der Waals surface area contributed by atoms with E-state index in [1.54, 1.807) is 11.8 Å². The van der Waals surface area contributed by atoms with Crippen molar-refractivity contribution in [3.63, 3.8) is 0 Å². The molecule has 3 nitrogen and oxygen atoms in total. The molecule has 18 heavy (non-hydrogen) atoms. The molecule has 2 N–H and O–H groups in total. The number of carboxylic acid groups (broad SMARTS) is 1. The van der Waals surface area contributed by atoms with Crippen molar-refractivity contribution in [1.29, 1.82) is 0 Å². The molecule has 1 rings (SSSR count). The summed E-state index contributed by atoms with van der Waals surface area (Å²) in [4.78, 5) is 10.8. The summed E-state index contributed by atoms with van der Waals surface area (Å²) in [5, 5.41) is 12.4. The maximum atomic E-state index is 10.8. The van der Waals surface area contributed by atoms with Gasteiger partial charge in [-0.25, -0.2) is 0 Å². The molecule has 3 atom stereocenters. The predicted octanol–water partition coefficient (Wildman–Crippen LogP) is 3.26. The van der Waals surface area contributed by atoms with Gasteiger partial charge in [0.2, 0.25) is 0 Å². The van der Waals surface area contributed by atoms with Crippen LogP contribution in [-0.2, 0) is 4.79 Å². The van der Waals surface area contributed by atoms with Crippen molar-refractivity contribution < 1.29 is 9.90 Å². The van der Waals surface area contributed by atoms with Crippen LogP contribution < -0.4 is 5.32 Å². The summed E-state index contributed by atoms with van der Waals surface area (Å²) in [6, 6.07) is -0.346. The van der Waals surface area contributed by atoms with Crippen molar-refractivity contribution in [3.05, 3.63) is 11.6 Å². The zero-order valence-corrected chi connectivity index (χ0v) is 12.4. The Morgan fingerprint density at radius 3 is 2.78 bits per heavy atom. The van der Waals surface area contributed by atoms with Crippen LogP contribution in [0.1, 0.15) is 46.5 Å². The minimum Gasteiger partial charge on any atom is -0.480 e. The molecule has 1 aliphatic rings. The van der Waals surface area contributed by atoms with Crippen LogP contribution >= 0.6 is 11.8 Å². The Labute approximate surface area is 114 Å². The fourth-order valence-electron chi connectivity index (χ4n) is 2.08. The number of thioether (sulfide) groups is 1. The summed E-state index contributed by atoms with van der Waals surface area (Å²) < 4.78 is 0. The number of hydrogen-bond acceptors (Lipinski definition) is 3. The fraction of sp³-hybridized carbons (Fsp3) is 0.786. The zero-order chi connectivity index (χ0) is 13.5. The molecule has 0 saturated carbocycles. The molecule has 0 bridgehead atoms. The van der Waals surface area contributed by atoms with Crippen LogP contribution in [0.3, 0.4) is 0 Å². The van der Waals surface area contributed by atoms with Crippen LogP contribution in [0, 0.1) is 5.92 Å². The van der Waals surface area contributed by atoms with E-state index in [4.69, 9.17) is 5.11 Å². The van der Waals surface area contributed by atoms with Gasteiger partial charge in [-0.15, -0.1) is 11.8 Å². The Hall–Kier alpha value is -0.480. The molecule has 0 aromatic rings. The van der Waals surface area contributed by atoms with E-state index in [1.165, 1.54) is 18.4 Å². The lowest BCUT2D eigenvalue weighted by Gasteiger charge is -2.14. The number of hydrogen-bond donors (Lipinski definition) is 2. The van der Waals surface area contributed by atoms with Gasteiger partial charge in [-0.1, -0.05) is 18.6 Å². The zero-order valence-electron chi connectivity index (χ0n) is 11.6. The summed E-state index contributed by atoms with van der Waals surface area (Å²) in [7, 11) is 0. The number of aliphatic carboxylic acids is 1. The normalized spacial score (nSPS) is 24.8. The predicted molar refractivity (Wildman–Crippen MR) is 77.9 cm³/mol. The quantitative estimate of drug-likeness (QED) is 0.698. The minimum absolute atomic E-state index is 0.331. The smallest absolute Gasteiger partial charge is 0.321 e. The van der Waals surface area contributed by atoms with Gasteiger partial charge in [-0.05, 0) is 45.4 Å². The molecule has 0 spiro atoms. The van der Waals surface area contributed by atoms with Gasteiger partial charge in [0.05, 0.1) is 5.37 Å². The summed E-state index contributed by atoms with van der Waals surface area (Å²) in [6.45, 7) is 6.55.